The van der Waals surface area contributed by atoms with Gasteiger partial charge in [-0.1, -0.05) is 264 Å². The standard InChI is InChI=1S/C69H114O6/c1-4-7-10-13-15-17-19-21-23-25-27-29-31-33-34-36-37-39-41-43-45-47-49-51-53-56-59-62-68(71)74-65-66(64-73-67(70)61-58-55-12-9-6-3)75-69(72)63-60-57-54-52-50-48-46-44-42-40-38-35-32-30-28-26-24-22-20-18-16-14-11-8-5-2/h7,10,15,17,20-23,26-29,33-34,37,39,43,45,49,51,66H,4-6,8-9,11-14,16,18-19,24-25,30-32,35-36,38,40-42,44,46-48,50,52-65H2,1-3H3/b10-7-,17-15-,22-20-,23-21-,28-26-,29-27-,34-33-,39-37-,45-43-,51-49-. The Bertz CT molecular complexity index is 1570. The minimum Gasteiger partial charge on any atom is -0.462 e. The van der Waals surface area contributed by atoms with E-state index in [2.05, 4.69) is 142 Å². The molecule has 6 nitrogen and oxygen atoms in total. The minimum absolute atomic E-state index is 0.0946. The summed E-state index contributed by atoms with van der Waals surface area (Å²) in [4.78, 5) is 37.9. The Morgan fingerprint density at radius 2 is 0.520 bits per heavy atom. The van der Waals surface area contributed by atoms with Gasteiger partial charge in [0.15, 0.2) is 6.10 Å². The summed E-state index contributed by atoms with van der Waals surface area (Å²) in [5, 5.41) is 0. The van der Waals surface area contributed by atoms with Crippen LogP contribution in [0.2, 0.25) is 0 Å². The van der Waals surface area contributed by atoms with Gasteiger partial charge < -0.3 is 14.2 Å². The van der Waals surface area contributed by atoms with E-state index in [4.69, 9.17) is 14.2 Å². The molecular weight excluding hydrogens is 925 g/mol. The van der Waals surface area contributed by atoms with Crippen LogP contribution in [0, 0.1) is 0 Å². The van der Waals surface area contributed by atoms with Crippen LogP contribution in [-0.4, -0.2) is 37.2 Å². The molecule has 426 valence electrons. The summed E-state index contributed by atoms with van der Waals surface area (Å²) >= 11 is 0. The number of esters is 3. The van der Waals surface area contributed by atoms with Crippen molar-refractivity contribution in [2.45, 2.75) is 284 Å². The van der Waals surface area contributed by atoms with E-state index in [0.29, 0.717) is 19.3 Å². The SMILES string of the molecule is CC/C=C\C/C=C\C/C=C\C/C=C\C/C=C\C/C=C\C/C=C\C/C=C\CCCCC(=O)OCC(COC(=O)CCCCCCC)OC(=O)CCCCCCCCCCCCCCC/C=C\C/C=C\CCCCCCC. The van der Waals surface area contributed by atoms with Gasteiger partial charge in [0.25, 0.3) is 0 Å². The lowest BCUT2D eigenvalue weighted by Crippen LogP contribution is -2.30. The zero-order chi connectivity index (χ0) is 54.3. The van der Waals surface area contributed by atoms with Crippen molar-refractivity contribution in [3.05, 3.63) is 122 Å². The summed E-state index contributed by atoms with van der Waals surface area (Å²) in [7, 11) is 0. The van der Waals surface area contributed by atoms with Crippen molar-refractivity contribution in [2.75, 3.05) is 13.2 Å². The van der Waals surface area contributed by atoms with Crippen molar-refractivity contribution in [3.63, 3.8) is 0 Å². The third kappa shape index (κ3) is 60.6. The molecule has 6 heteroatoms. The van der Waals surface area contributed by atoms with Crippen molar-refractivity contribution < 1.29 is 28.6 Å². The third-order valence-corrected chi connectivity index (χ3v) is 13.0. The van der Waals surface area contributed by atoms with Gasteiger partial charge in [-0.25, -0.2) is 0 Å². The molecule has 0 aromatic rings. The molecule has 0 radical (unpaired) electrons. The Kier molecular flexibility index (Phi) is 58.9. The molecule has 0 aliphatic rings. The monoisotopic (exact) mass is 1040 g/mol. The van der Waals surface area contributed by atoms with E-state index < -0.39 is 6.10 Å². The lowest BCUT2D eigenvalue weighted by Gasteiger charge is -2.18. The van der Waals surface area contributed by atoms with Crippen molar-refractivity contribution >= 4 is 17.9 Å². The highest BCUT2D eigenvalue weighted by Gasteiger charge is 2.19. The van der Waals surface area contributed by atoms with Gasteiger partial charge in [0, 0.05) is 19.3 Å². The van der Waals surface area contributed by atoms with Crippen LogP contribution in [0.1, 0.15) is 278 Å². The summed E-state index contributed by atoms with van der Waals surface area (Å²) in [6.07, 6.45) is 86.8. The maximum absolute atomic E-state index is 12.8. The number of unbranched alkanes of at least 4 members (excludes halogenated alkanes) is 24. The van der Waals surface area contributed by atoms with Gasteiger partial charge in [0.2, 0.25) is 0 Å². The average Bonchev–Trinajstić information content (AvgIpc) is 3.41. The van der Waals surface area contributed by atoms with Gasteiger partial charge in [0.05, 0.1) is 0 Å². The van der Waals surface area contributed by atoms with Gasteiger partial charge in [-0.15, -0.1) is 0 Å². The fraction of sp³-hybridized carbons (Fsp3) is 0.667. The maximum Gasteiger partial charge on any atom is 0.306 e. The number of carbonyl (C=O) groups excluding carboxylic acids is 3. The van der Waals surface area contributed by atoms with E-state index in [9.17, 15) is 14.4 Å². The minimum atomic E-state index is -0.796. The van der Waals surface area contributed by atoms with Crippen molar-refractivity contribution in [1.29, 1.82) is 0 Å². The number of allylic oxidation sites excluding steroid dienone is 20. The fourth-order valence-corrected chi connectivity index (χ4v) is 8.31. The largest absolute Gasteiger partial charge is 0.462 e. The molecule has 0 aliphatic heterocycles. The molecular formula is C69H114O6. The summed E-state index contributed by atoms with van der Waals surface area (Å²) < 4.78 is 16.7. The zero-order valence-corrected chi connectivity index (χ0v) is 48.8. The summed E-state index contributed by atoms with van der Waals surface area (Å²) in [6, 6.07) is 0. The molecule has 0 saturated heterocycles. The molecule has 0 fully saturated rings. The normalized spacial score (nSPS) is 12.9. The molecule has 1 unspecified atom stereocenters. The second-order valence-corrected chi connectivity index (χ2v) is 20.2. The highest BCUT2D eigenvalue weighted by molar-refractivity contribution is 5.71. The second kappa shape index (κ2) is 62.4. The number of rotatable bonds is 55. The van der Waals surface area contributed by atoms with Crippen LogP contribution in [0.25, 0.3) is 0 Å². The summed E-state index contributed by atoms with van der Waals surface area (Å²) in [6.45, 7) is 6.40. The molecule has 0 aromatic heterocycles. The first kappa shape index (κ1) is 70.8. The van der Waals surface area contributed by atoms with Crippen LogP contribution < -0.4 is 0 Å². The maximum atomic E-state index is 12.8. The fourth-order valence-electron chi connectivity index (χ4n) is 8.31. The molecule has 1 atom stereocenters. The number of carbonyl (C=O) groups is 3. The van der Waals surface area contributed by atoms with Crippen LogP contribution in [0.15, 0.2) is 122 Å². The topological polar surface area (TPSA) is 78.9 Å². The highest BCUT2D eigenvalue weighted by atomic mass is 16.6. The molecule has 0 aliphatic carbocycles. The smallest absolute Gasteiger partial charge is 0.306 e. The van der Waals surface area contributed by atoms with E-state index >= 15 is 0 Å². The van der Waals surface area contributed by atoms with Gasteiger partial charge in [-0.05, 0) is 116 Å². The van der Waals surface area contributed by atoms with Gasteiger partial charge >= 0.3 is 17.9 Å². The van der Waals surface area contributed by atoms with Crippen LogP contribution in [0.5, 0.6) is 0 Å². The van der Waals surface area contributed by atoms with Crippen molar-refractivity contribution in [2.24, 2.45) is 0 Å². The Morgan fingerprint density at radius 3 is 0.840 bits per heavy atom. The van der Waals surface area contributed by atoms with Crippen molar-refractivity contribution in [1.82, 2.24) is 0 Å². The second-order valence-electron chi connectivity index (χ2n) is 20.2. The zero-order valence-electron chi connectivity index (χ0n) is 48.8. The highest BCUT2D eigenvalue weighted by Crippen LogP contribution is 2.15. The van der Waals surface area contributed by atoms with E-state index in [1.54, 1.807) is 0 Å². The summed E-state index contributed by atoms with van der Waals surface area (Å²) in [5.74, 6) is -0.954. The average molecular weight is 1040 g/mol. The number of hydrogen-bond acceptors (Lipinski definition) is 6. The molecule has 75 heavy (non-hydrogen) atoms. The predicted octanol–water partition coefficient (Wildman–Crippen LogP) is 21.2. The van der Waals surface area contributed by atoms with Gasteiger partial charge in [-0.2, -0.15) is 0 Å². The molecule has 0 rings (SSSR count). The molecule has 0 saturated carbocycles. The van der Waals surface area contributed by atoms with Gasteiger partial charge in [0.1, 0.15) is 13.2 Å². The lowest BCUT2D eigenvalue weighted by molar-refractivity contribution is -0.167. The first-order valence-corrected chi connectivity index (χ1v) is 31.0. The third-order valence-electron chi connectivity index (χ3n) is 13.0. The first-order chi connectivity index (χ1) is 37.0. The Hall–Kier alpha value is -4.19. The van der Waals surface area contributed by atoms with E-state index in [1.807, 2.05) is 0 Å². The molecule has 0 amide bonds. The van der Waals surface area contributed by atoms with Crippen LogP contribution in [0.3, 0.4) is 0 Å². The Labute approximate surface area is 462 Å². The van der Waals surface area contributed by atoms with E-state index in [0.717, 1.165) is 128 Å². The Morgan fingerprint density at radius 1 is 0.280 bits per heavy atom. The quantitative estimate of drug-likeness (QED) is 0.0261. The number of hydrogen-bond donors (Lipinski definition) is 0. The van der Waals surface area contributed by atoms with Crippen LogP contribution in [0.4, 0.5) is 0 Å². The summed E-state index contributed by atoms with van der Waals surface area (Å²) in [5.41, 5.74) is 0. The first-order valence-electron chi connectivity index (χ1n) is 31.0. The molecule has 0 spiro atoms. The van der Waals surface area contributed by atoms with Crippen molar-refractivity contribution in [3.8, 4) is 0 Å². The van der Waals surface area contributed by atoms with E-state index in [-0.39, 0.29) is 31.1 Å². The van der Waals surface area contributed by atoms with Crippen LogP contribution in [-0.2, 0) is 28.6 Å². The lowest BCUT2D eigenvalue weighted by atomic mass is 10.0. The molecule has 0 heterocycles. The van der Waals surface area contributed by atoms with Crippen LogP contribution >= 0.6 is 0 Å². The molecule has 0 bridgehead atoms. The predicted molar refractivity (Wildman–Crippen MR) is 325 cm³/mol. The molecule has 0 N–H and O–H groups in total. The Balaban J connectivity index is 4.17. The van der Waals surface area contributed by atoms with Gasteiger partial charge in [-0.3, -0.25) is 14.4 Å². The van der Waals surface area contributed by atoms with E-state index in [1.165, 1.54) is 109 Å². The number of ether oxygens (including phenoxy) is 3. The molecule has 0 aromatic carbocycles.